The average molecular weight is 377 g/mol. The van der Waals surface area contributed by atoms with Gasteiger partial charge in [0.25, 0.3) is 0 Å². The zero-order valence-electron chi connectivity index (χ0n) is 16.1. The van der Waals surface area contributed by atoms with E-state index in [2.05, 4.69) is 36.4 Å². The number of rotatable bonds is 5. The van der Waals surface area contributed by atoms with E-state index in [9.17, 15) is 4.79 Å². The van der Waals surface area contributed by atoms with Gasteiger partial charge in [0.1, 0.15) is 28.8 Å². The van der Waals surface area contributed by atoms with Crippen molar-refractivity contribution in [2.45, 2.75) is 26.4 Å². The lowest BCUT2D eigenvalue weighted by Crippen LogP contribution is -2.37. The molecule has 0 radical (unpaired) electrons. The molecule has 0 amide bonds. The monoisotopic (exact) mass is 377 g/mol. The zero-order valence-corrected chi connectivity index (χ0v) is 17.0. The smallest absolute Gasteiger partial charge is 0.345 e. The third-order valence-electron chi connectivity index (χ3n) is 4.38. The zero-order chi connectivity index (χ0) is 19.3. The molecule has 3 rings (SSSR count). The molecule has 0 saturated heterocycles. The minimum atomic E-state index is -2.17. The molecule has 0 aliphatic heterocycles. The summed E-state index contributed by atoms with van der Waals surface area (Å²) in [6.45, 7) is 5.75. The molecule has 3 aromatic carbocycles. The minimum Gasteiger partial charge on any atom is -0.457 e. The molecule has 0 unspecified atom stereocenters. The molecule has 0 aliphatic carbocycles. The van der Waals surface area contributed by atoms with Crippen molar-refractivity contribution in [2.24, 2.45) is 0 Å². The van der Waals surface area contributed by atoms with Crippen LogP contribution in [0.3, 0.4) is 0 Å². The number of carbonyl (C=O) groups excluding carboxylic acids is 1. The van der Waals surface area contributed by atoms with Crippen LogP contribution in [0.4, 0.5) is 0 Å². The summed E-state index contributed by atoms with van der Waals surface area (Å²) < 4.78 is 5.75. The molecule has 0 fully saturated rings. The van der Waals surface area contributed by atoms with Crippen molar-refractivity contribution in [3.8, 4) is 0 Å². The first kappa shape index (κ1) is 19.3. The van der Waals surface area contributed by atoms with Gasteiger partial charge >= 0.3 is 5.97 Å². The summed E-state index contributed by atoms with van der Waals surface area (Å²) in [6.07, 6.45) is 0.350. The van der Waals surface area contributed by atoms with Gasteiger partial charge in [-0.25, -0.2) is 4.79 Å². The Labute approximate surface area is 162 Å². The van der Waals surface area contributed by atoms with Gasteiger partial charge in [-0.1, -0.05) is 54.6 Å². The summed E-state index contributed by atoms with van der Waals surface area (Å²) in [4.78, 5) is 13.0. The third-order valence-corrected chi connectivity index (χ3v) is 8.65. The van der Waals surface area contributed by atoms with Crippen molar-refractivity contribution in [3.63, 3.8) is 0 Å². The van der Waals surface area contributed by atoms with E-state index in [1.165, 1.54) is 15.9 Å². The maximum absolute atomic E-state index is 13.0. The van der Waals surface area contributed by atoms with Crippen molar-refractivity contribution < 1.29 is 9.53 Å². The lowest BCUT2D eigenvalue weighted by atomic mass is 10.2. The van der Waals surface area contributed by atoms with Gasteiger partial charge in [0.15, 0.2) is 6.16 Å². The van der Waals surface area contributed by atoms with Gasteiger partial charge in [0, 0.05) is 0 Å². The number of carbonyl (C=O) groups is 1. The number of hydrogen-bond acceptors (Lipinski definition) is 2. The number of ether oxygens (including phenoxy) is 1. The summed E-state index contributed by atoms with van der Waals surface area (Å²) in [6, 6.07) is 31.1. The van der Waals surface area contributed by atoms with Gasteiger partial charge < -0.3 is 4.74 Å². The Kier molecular flexibility index (Phi) is 5.77. The van der Waals surface area contributed by atoms with E-state index in [1.54, 1.807) is 0 Å². The van der Waals surface area contributed by atoms with Gasteiger partial charge in [-0.05, 0) is 57.2 Å². The van der Waals surface area contributed by atoms with Crippen molar-refractivity contribution in [2.75, 3.05) is 6.16 Å². The van der Waals surface area contributed by atoms with Crippen LogP contribution in [0, 0.1) is 0 Å². The minimum absolute atomic E-state index is 0.160. The topological polar surface area (TPSA) is 26.3 Å². The van der Waals surface area contributed by atoms with Crippen molar-refractivity contribution in [1.82, 2.24) is 0 Å². The summed E-state index contributed by atoms with van der Waals surface area (Å²) in [5.74, 6) is -0.160. The second-order valence-corrected chi connectivity index (χ2v) is 11.0. The Balaban J connectivity index is 2.21. The fraction of sp³-hybridized carbons (Fsp3) is 0.208. The van der Waals surface area contributed by atoms with Crippen LogP contribution in [0.15, 0.2) is 91.0 Å². The predicted molar refractivity (Wildman–Crippen MR) is 116 cm³/mol. The first-order valence-corrected chi connectivity index (χ1v) is 11.2. The lowest BCUT2D eigenvalue weighted by molar-refractivity contribution is -0.151. The molecule has 0 atom stereocenters. The van der Waals surface area contributed by atoms with Gasteiger partial charge in [-0.15, -0.1) is 0 Å². The van der Waals surface area contributed by atoms with Crippen LogP contribution in [0.25, 0.3) is 0 Å². The molecule has 0 aliphatic rings. The molecule has 0 bridgehead atoms. The molecule has 138 valence electrons. The Bertz CT molecular complexity index is 772. The van der Waals surface area contributed by atoms with E-state index < -0.39 is 12.9 Å². The maximum atomic E-state index is 13.0. The predicted octanol–water partition coefficient (Wildman–Crippen LogP) is 4.32. The van der Waals surface area contributed by atoms with E-state index in [4.69, 9.17) is 4.74 Å². The molecular formula is C24H26O2P+. The fourth-order valence-corrected chi connectivity index (χ4v) is 7.27. The first-order valence-electron chi connectivity index (χ1n) is 9.19. The van der Waals surface area contributed by atoms with E-state index in [-0.39, 0.29) is 5.97 Å². The highest BCUT2D eigenvalue weighted by Crippen LogP contribution is 2.55. The van der Waals surface area contributed by atoms with Crippen LogP contribution < -0.4 is 15.9 Å². The maximum Gasteiger partial charge on any atom is 0.345 e. The van der Waals surface area contributed by atoms with Crippen LogP contribution in [0.1, 0.15) is 20.8 Å². The molecule has 3 aromatic rings. The van der Waals surface area contributed by atoms with Crippen LogP contribution in [-0.4, -0.2) is 17.7 Å². The Morgan fingerprint density at radius 2 is 1.04 bits per heavy atom. The van der Waals surface area contributed by atoms with Gasteiger partial charge in [-0.3, -0.25) is 0 Å². The molecule has 3 heteroatoms. The Morgan fingerprint density at radius 3 is 1.33 bits per heavy atom. The first-order chi connectivity index (χ1) is 12.9. The fourth-order valence-electron chi connectivity index (χ4n) is 3.34. The second-order valence-electron chi connectivity index (χ2n) is 7.56. The molecule has 0 heterocycles. The molecule has 0 aromatic heterocycles. The SMILES string of the molecule is CC(C)(C)OC(=O)C[P+](c1ccccc1)(c1ccccc1)c1ccccc1. The van der Waals surface area contributed by atoms with Crippen LogP contribution in [-0.2, 0) is 9.53 Å². The van der Waals surface area contributed by atoms with E-state index in [1.807, 2.05) is 75.4 Å². The average Bonchev–Trinajstić information content (AvgIpc) is 2.67. The highest BCUT2D eigenvalue weighted by molar-refractivity contribution is 7.96. The number of hydrogen-bond donors (Lipinski definition) is 0. The molecule has 2 nitrogen and oxygen atoms in total. The third kappa shape index (κ3) is 4.46. The number of esters is 1. The van der Waals surface area contributed by atoms with Crippen LogP contribution in [0.2, 0.25) is 0 Å². The summed E-state index contributed by atoms with van der Waals surface area (Å²) in [5.41, 5.74) is -0.503. The van der Waals surface area contributed by atoms with Gasteiger partial charge in [0.2, 0.25) is 0 Å². The van der Waals surface area contributed by atoms with Gasteiger partial charge in [0.05, 0.1) is 0 Å². The highest BCUT2D eigenvalue weighted by Gasteiger charge is 2.48. The van der Waals surface area contributed by atoms with Crippen LogP contribution in [0.5, 0.6) is 0 Å². The molecule has 0 N–H and O–H groups in total. The molecule has 27 heavy (non-hydrogen) atoms. The van der Waals surface area contributed by atoms with Crippen LogP contribution >= 0.6 is 7.26 Å². The normalized spacial score (nSPS) is 11.8. The largest absolute Gasteiger partial charge is 0.457 e. The Hall–Kier alpha value is -2.44. The lowest BCUT2D eigenvalue weighted by Gasteiger charge is -2.28. The summed E-state index contributed by atoms with van der Waals surface area (Å²) >= 11 is 0. The molecule has 0 saturated carbocycles. The summed E-state index contributed by atoms with van der Waals surface area (Å²) in [5, 5.41) is 3.56. The highest BCUT2D eigenvalue weighted by atomic mass is 31.2. The van der Waals surface area contributed by atoms with Gasteiger partial charge in [-0.2, -0.15) is 0 Å². The second kappa shape index (κ2) is 8.06. The standard InChI is InChI=1S/C24H26O2P/c1-24(2,3)26-23(25)19-27(20-13-7-4-8-14-20,21-15-9-5-10-16-21)22-17-11-6-12-18-22/h4-18H,19H2,1-3H3/q+1. The van der Waals surface area contributed by atoms with E-state index in [0.29, 0.717) is 6.16 Å². The molecule has 0 spiro atoms. The van der Waals surface area contributed by atoms with Crippen molar-refractivity contribution in [3.05, 3.63) is 91.0 Å². The van der Waals surface area contributed by atoms with E-state index >= 15 is 0 Å². The quantitative estimate of drug-likeness (QED) is 0.489. The van der Waals surface area contributed by atoms with Crippen molar-refractivity contribution >= 4 is 29.1 Å². The molecular weight excluding hydrogens is 351 g/mol. The van der Waals surface area contributed by atoms with E-state index in [0.717, 1.165) is 0 Å². The Morgan fingerprint density at radius 1 is 0.704 bits per heavy atom. The van der Waals surface area contributed by atoms with Crippen molar-refractivity contribution in [1.29, 1.82) is 0 Å². The summed E-state index contributed by atoms with van der Waals surface area (Å²) in [7, 11) is -2.17. The number of benzene rings is 3.